The number of benzene rings is 2. The number of nitrogens with zero attached hydrogens (tertiary/aromatic N) is 3. The summed E-state index contributed by atoms with van der Waals surface area (Å²) in [5, 5.41) is 19.5. The fourth-order valence-corrected chi connectivity index (χ4v) is 3.09. The second-order valence-electron chi connectivity index (χ2n) is 5.64. The van der Waals surface area contributed by atoms with Crippen molar-refractivity contribution in [2.75, 3.05) is 7.11 Å². The van der Waals surface area contributed by atoms with Crippen LogP contribution in [0.25, 0.3) is 16.8 Å². The van der Waals surface area contributed by atoms with Crippen molar-refractivity contribution in [1.29, 1.82) is 0 Å². The van der Waals surface area contributed by atoms with Gasteiger partial charge >= 0.3 is 5.97 Å². The van der Waals surface area contributed by atoms with Crippen molar-refractivity contribution in [2.45, 2.75) is 12.5 Å². The number of fused-ring (bicyclic) bond motifs is 2. The number of hydrogen-bond donors (Lipinski definition) is 1. The number of carbonyl (C=O) groups is 1. The van der Waals surface area contributed by atoms with Crippen LogP contribution in [0, 0.1) is 0 Å². The van der Waals surface area contributed by atoms with Gasteiger partial charge in [-0.05, 0) is 17.7 Å². The maximum absolute atomic E-state index is 12.0. The van der Waals surface area contributed by atoms with Gasteiger partial charge < -0.3 is 9.84 Å². The monoisotopic (exact) mass is 321 g/mol. The summed E-state index contributed by atoms with van der Waals surface area (Å²) in [5.74, 6) is -0.575. The molecule has 1 unspecified atom stereocenters. The van der Waals surface area contributed by atoms with Crippen molar-refractivity contribution in [3.8, 4) is 0 Å². The number of esters is 1. The Balaban J connectivity index is 1.88. The van der Waals surface area contributed by atoms with Gasteiger partial charge in [0.15, 0.2) is 0 Å². The highest BCUT2D eigenvalue weighted by Gasteiger charge is 2.32. The summed E-state index contributed by atoms with van der Waals surface area (Å²) < 4.78 is 4.81. The molecule has 4 rings (SSSR count). The average Bonchev–Trinajstić information content (AvgIpc) is 3.05. The lowest BCUT2D eigenvalue weighted by Gasteiger charge is -2.25. The molecule has 1 aliphatic carbocycles. The number of rotatable bonds is 2. The Morgan fingerprint density at radius 3 is 2.42 bits per heavy atom. The molecule has 1 atom stereocenters. The van der Waals surface area contributed by atoms with Gasteiger partial charge in [0.25, 0.3) is 0 Å². The standard InChI is InChI=1S/C18H15N3O3/c1-24-18(23)13-10-16(11-6-2-3-7-12(11)17(13)22)21-19-14-8-4-5-9-15(14)20-21/h2-9,16,22H,10H2,1H3. The lowest BCUT2D eigenvalue weighted by molar-refractivity contribution is -0.136. The molecule has 0 saturated heterocycles. The topological polar surface area (TPSA) is 77.2 Å². The third kappa shape index (κ3) is 2.15. The summed E-state index contributed by atoms with van der Waals surface area (Å²) in [6.45, 7) is 0. The number of aliphatic hydroxyl groups is 1. The van der Waals surface area contributed by atoms with Gasteiger partial charge in [-0.3, -0.25) is 0 Å². The van der Waals surface area contributed by atoms with Gasteiger partial charge in [0.2, 0.25) is 0 Å². The van der Waals surface area contributed by atoms with Crippen LogP contribution in [0.2, 0.25) is 0 Å². The van der Waals surface area contributed by atoms with Crippen LogP contribution in [0.15, 0.2) is 54.1 Å². The minimum Gasteiger partial charge on any atom is -0.507 e. The lowest BCUT2D eigenvalue weighted by atomic mass is 9.87. The van der Waals surface area contributed by atoms with Gasteiger partial charge in [0.1, 0.15) is 22.8 Å². The quantitative estimate of drug-likeness (QED) is 0.734. The predicted octanol–water partition coefficient (Wildman–Crippen LogP) is 2.87. The van der Waals surface area contributed by atoms with Crippen LogP contribution in [-0.4, -0.2) is 33.2 Å². The highest BCUT2D eigenvalue weighted by molar-refractivity contribution is 5.97. The molecule has 120 valence electrons. The first-order valence-electron chi connectivity index (χ1n) is 7.60. The molecule has 6 heteroatoms. The van der Waals surface area contributed by atoms with E-state index in [-0.39, 0.29) is 23.8 Å². The van der Waals surface area contributed by atoms with E-state index < -0.39 is 5.97 Å². The molecule has 3 aromatic rings. The van der Waals surface area contributed by atoms with Crippen LogP contribution in [0.3, 0.4) is 0 Å². The summed E-state index contributed by atoms with van der Waals surface area (Å²) in [4.78, 5) is 13.7. The van der Waals surface area contributed by atoms with E-state index in [1.54, 1.807) is 10.9 Å². The third-order valence-electron chi connectivity index (χ3n) is 4.27. The minimum atomic E-state index is -0.538. The SMILES string of the molecule is COC(=O)C1=C(O)c2ccccc2C(n2nc3ccccc3n2)C1. The summed E-state index contributed by atoms with van der Waals surface area (Å²) in [5.41, 5.74) is 3.29. The maximum Gasteiger partial charge on any atom is 0.337 e. The van der Waals surface area contributed by atoms with E-state index in [0.29, 0.717) is 5.56 Å². The van der Waals surface area contributed by atoms with Crippen molar-refractivity contribution in [3.63, 3.8) is 0 Å². The van der Waals surface area contributed by atoms with Crippen molar-refractivity contribution in [3.05, 3.63) is 65.2 Å². The number of aromatic nitrogens is 3. The molecule has 24 heavy (non-hydrogen) atoms. The molecule has 0 amide bonds. The first-order valence-corrected chi connectivity index (χ1v) is 7.60. The van der Waals surface area contributed by atoms with E-state index in [9.17, 15) is 9.90 Å². The molecule has 1 N–H and O–H groups in total. The van der Waals surface area contributed by atoms with Crippen molar-refractivity contribution in [1.82, 2.24) is 15.0 Å². The molecule has 6 nitrogen and oxygen atoms in total. The second kappa shape index (κ2) is 5.49. The Hall–Kier alpha value is -3.15. The van der Waals surface area contributed by atoms with Crippen molar-refractivity contribution < 1.29 is 14.6 Å². The van der Waals surface area contributed by atoms with E-state index in [4.69, 9.17) is 4.74 Å². The van der Waals surface area contributed by atoms with E-state index >= 15 is 0 Å². The molecule has 2 aromatic carbocycles. The number of carbonyl (C=O) groups excluding carboxylic acids is 1. The molecular weight excluding hydrogens is 306 g/mol. The van der Waals surface area contributed by atoms with E-state index in [0.717, 1.165) is 16.6 Å². The molecule has 1 aromatic heterocycles. The number of aliphatic hydroxyl groups excluding tert-OH is 1. The highest BCUT2D eigenvalue weighted by atomic mass is 16.5. The molecule has 0 spiro atoms. The second-order valence-corrected chi connectivity index (χ2v) is 5.64. The first kappa shape index (κ1) is 14.4. The smallest absolute Gasteiger partial charge is 0.337 e. The average molecular weight is 321 g/mol. The molecule has 1 aliphatic rings. The molecular formula is C18H15N3O3. The fourth-order valence-electron chi connectivity index (χ4n) is 3.09. The molecule has 0 fully saturated rings. The Morgan fingerprint density at radius 1 is 1.12 bits per heavy atom. The van der Waals surface area contributed by atoms with Crippen LogP contribution in [-0.2, 0) is 9.53 Å². The van der Waals surface area contributed by atoms with E-state index in [1.807, 2.05) is 42.5 Å². The Kier molecular flexibility index (Phi) is 3.30. The van der Waals surface area contributed by atoms with Crippen LogP contribution in [0.5, 0.6) is 0 Å². The minimum absolute atomic E-state index is 0.0367. The Bertz CT molecular complexity index is 941. The van der Waals surface area contributed by atoms with E-state index in [1.165, 1.54) is 7.11 Å². The molecule has 0 saturated carbocycles. The zero-order valence-electron chi connectivity index (χ0n) is 13.0. The van der Waals surface area contributed by atoms with Crippen LogP contribution in [0.4, 0.5) is 0 Å². The van der Waals surface area contributed by atoms with Gasteiger partial charge in [-0.15, -0.1) is 0 Å². The van der Waals surface area contributed by atoms with Crippen LogP contribution >= 0.6 is 0 Å². The zero-order chi connectivity index (χ0) is 16.7. The predicted molar refractivity (Wildman–Crippen MR) is 88.3 cm³/mol. The van der Waals surface area contributed by atoms with Gasteiger partial charge in [-0.25, -0.2) is 4.79 Å². The van der Waals surface area contributed by atoms with Crippen LogP contribution in [0.1, 0.15) is 23.6 Å². The maximum atomic E-state index is 12.0. The van der Waals surface area contributed by atoms with Gasteiger partial charge in [-0.1, -0.05) is 36.4 Å². The normalized spacial score (nSPS) is 17.0. The molecule has 0 aliphatic heterocycles. The number of ether oxygens (including phenoxy) is 1. The molecule has 0 radical (unpaired) electrons. The molecule has 0 bridgehead atoms. The summed E-state index contributed by atoms with van der Waals surface area (Å²) in [7, 11) is 1.30. The zero-order valence-corrected chi connectivity index (χ0v) is 13.0. The first-order chi connectivity index (χ1) is 11.7. The van der Waals surface area contributed by atoms with Gasteiger partial charge in [0.05, 0.1) is 12.7 Å². The Morgan fingerprint density at radius 2 is 1.75 bits per heavy atom. The van der Waals surface area contributed by atoms with Crippen molar-refractivity contribution in [2.24, 2.45) is 0 Å². The summed E-state index contributed by atoms with van der Waals surface area (Å²) in [6.07, 6.45) is 0.274. The third-order valence-corrected chi connectivity index (χ3v) is 4.27. The van der Waals surface area contributed by atoms with Crippen LogP contribution < -0.4 is 0 Å². The fraction of sp³-hybridized carbons (Fsp3) is 0.167. The highest BCUT2D eigenvalue weighted by Crippen LogP contribution is 2.38. The van der Waals surface area contributed by atoms with Gasteiger partial charge in [0, 0.05) is 12.0 Å². The number of methoxy groups -OCH3 is 1. The Labute approximate surface area is 138 Å². The van der Waals surface area contributed by atoms with E-state index in [2.05, 4.69) is 10.2 Å². The van der Waals surface area contributed by atoms with Gasteiger partial charge in [-0.2, -0.15) is 15.0 Å². The summed E-state index contributed by atoms with van der Waals surface area (Å²) in [6, 6.07) is 14.7. The summed E-state index contributed by atoms with van der Waals surface area (Å²) >= 11 is 0. The largest absolute Gasteiger partial charge is 0.507 e. The lowest BCUT2D eigenvalue weighted by Crippen LogP contribution is -2.23. The van der Waals surface area contributed by atoms with Crippen molar-refractivity contribution >= 4 is 22.8 Å². The number of hydrogen-bond acceptors (Lipinski definition) is 5. The molecule has 1 heterocycles.